The van der Waals surface area contributed by atoms with E-state index in [4.69, 9.17) is 4.74 Å². The Hall–Kier alpha value is -2.79. The summed E-state index contributed by atoms with van der Waals surface area (Å²) in [7, 11) is 1.71. The first-order chi connectivity index (χ1) is 14.3. The molecule has 1 saturated heterocycles. The van der Waals surface area contributed by atoms with Gasteiger partial charge in [0.15, 0.2) is 0 Å². The molecule has 2 aromatic carbocycles. The molecule has 2 aromatic heterocycles. The van der Waals surface area contributed by atoms with Crippen LogP contribution in [0.2, 0.25) is 0 Å². The summed E-state index contributed by atoms with van der Waals surface area (Å²) in [5, 5.41) is 0. The molecule has 1 aliphatic rings. The Morgan fingerprint density at radius 1 is 1.03 bits per heavy atom. The first kappa shape index (κ1) is 18.3. The minimum absolute atomic E-state index is 0.893. The molecule has 1 fully saturated rings. The fraction of sp³-hybridized carbons (Fsp3) is 0.375. The van der Waals surface area contributed by atoms with Crippen molar-refractivity contribution in [3.63, 3.8) is 0 Å². The lowest BCUT2D eigenvalue weighted by atomic mass is 10.1. The molecular weight excluding hydrogens is 360 g/mol. The lowest BCUT2D eigenvalue weighted by molar-refractivity contribution is -0.905. The van der Waals surface area contributed by atoms with Gasteiger partial charge < -0.3 is 9.64 Å². The third-order valence-corrected chi connectivity index (χ3v) is 6.29. The minimum atomic E-state index is 0.893. The molecule has 0 bridgehead atoms. The van der Waals surface area contributed by atoms with Gasteiger partial charge in [0.25, 0.3) is 0 Å². The van der Waals surface area contributed by atoms with E-state index in [1.165, 1.54) is 67.6 Å². The van der Waals surface area contributed by atoms with Crippen LogP contribution in [0.4, 0.5) is 0 Å². The number of benzene rings is 2. The molecule has 0 aliphatic carbocycles. The number of fused-ring (bicyclic) bond motifs is 3. The van der Waals surface area contributed by atoms with Crippen molar-refractivity contribution in [3.8, 4) is 17.0 Å². The lowest BCUT2D eigenvalue weighted by Crippen LogP contribution is -3.12. The number of piperidine rings is 1. The predicted octanol–water partition coefficient (Wildman–Crippen LogP) is 2.84. The number of rotatable bonds is 6. The minimum Gasteiger partial charge on any atom is -0.497 e. The van der Waals surface area contributed by atoms with Crippen LogP contribution < -0.4 is 14.0 Å². The van der Waals surface area contributed by atoms with Gasteiger partial charge in [-0.1, -0.05) is 12.1 Å². The van der Waals surface area contributed by atoms with E-state index in [-0.39, 0.29) is 0 Å². The molecule has 0 amide bonds. The highest BCUT2D eigenvalue weighted by atomic mass is 16.5. The highest BCUT2D eigenvalue weighted by Crippen LogP contribution is 2.25. The van der Waals surface area contributed by atoms with Crippen molar-refractivity contribution in [2.75, 3.05) is 26.7 Å². The number of imidazole rings is 2. The first-order valence-electron chi connectivity index (χ1n) is 10.8. The summed E-state index contributed by atoms with van der Waals surface area (Å²) in [5.74, 6) is 2.05. The van der Waals surface area contributed by atoms with E-state index in [1.807, 2.05) is 12.1 Å². The van der Waals surface area contributed by atoms with Crippen molar-refractivity contribution in [1.82, 2.24) is 9.55 Å². The van der Waals surface area contributed by atoms with Gasteiger partial charge in [-0.25, -0.2) is 9.55 Å². The molecule has 5 heteroatoms. The summed E-state index contributed by atoms with van der Waals surface area (Å²) in [6.45, 7) is 4.96. The highest BCUT2D eigenvalue weighted by molar-refractivity contribution is 5.74. The van der Waals surface area contributed by atoms with Gasteiger partial charge in [0.1, 0.15) is 28.7 Å². The zero-order valence-corrected chi connectivity index (χ0v) is 17.2. The maximum Gasteiger partial charge on any atom is 0.368 e. The predicted molar refractivity (Wildman–Crippen MR) is 115 cm³/mol. The molecule has 3 heterocycles. The fourth-order valence-corrected chi connectivity index (χ4v) is 4.73. The largest absolute Gasteiger partial charge is 0.497 e. The van der Waals surface area contributed by atoms with E-state index in [0.29, 0.717) is 0 Å². The van der Waals surface area contributed by atoms with Crippen LogP contribution in [-0.4, -0.2) is 36.3 Å². The maximum absolute atomic E-state index is 5.35. The van der Waals surface area contributed by atoms with E-state index >= 15 is 0 Å². The van der Waals surface area contributed by atoms with Crippen molar-refractivity contribution in [2.45, 2.75) is 32.2 Å². The molecule has 4 aromatic rings. The van der Waals surface area contributed by atoms with Crippen molar-refractivity contribution in [1.29, 1.82) is 0 Å². The molecule has 0 radical (unpaired) electrons. The van der Waals surface area contributed by atoms with Crippen LogP contribution in [0.25, 0.3) is 28.1 Å². The van der Waals surface area contributed by atoms with Crippen LogP contribution in [0.15, 0.2) is 54.7 Å². The van der Waals surface area contributed by atoms with Crippen molar-refractivity contribution in [2.24, 2.45) is 0 Å². The molecule has 150 valence electrons. The molecule has 0 atom stereocenters. The van der Waals surface area contributed by atoms with Crippen LogP contribution in [0, 0.1) is 0 Å². The van der Waals surface area contributed by atoms with Crippen molar-refractivity contribution >= 4 is 16.8 Å². The van der Waals surface area contributed by atoms with Gasteiger partial charge in [-0.3, -0.25) is 0 Å². The highest BCUT2D eigenvalue weighted by Gasteiger charge is 2.23. The number of ether oxygens (including phenoxy) is 1. The van der Waals surface area contributed by atoms with E-state index in [0.717, 1.165) is 18.1 Å². The quantitative estimate of drug-likeness (QED) is 0.488. The van der Waals surface area contributed by atoms with E-state index in [1.54, 1.807) is 12.0 Å². The smallest absolute Gasteiger partial charge is 0.368 e. The maximum atomic E-state index is 5.35. The van der Waals surface area contributed by atoms with Crippen LogP contribution in [0.3, 0.4) is 0 Å². The van der Waals surface area contributed by atoms with Gasteiger partial charge in [-0.2, -0.15) is 4.40 Å². The average Bonchev–Trinajstić information content (AvgIpc) is 3.31. The van der Waals surface area contributed by atoms with Crippen LogP contribution in [0.5, 0.6) is 5.75 Å². The molecule has 5 rings (SSSR count). The second-order valence-corrected chi connectivity index (χ2v) is 8.14. The summed E-state index contributed by atoms with van der Waals surface area (Å²) < 4.78 is 10.1. The number of hydrogen-bond donors (Lipinski definition) is 2. The number of hydrogen-bond acceptors (Lipinski definition) is 1. The SMILES string of the molecule is COc1ccc(-c2c[n+]3c4ccccc4[nH]c3n2CCC[NH+]2CCCCC2)cc1. The van der Waals surface area contributed by atoms with Gasteiger partial charge >= 0.3 is 5.78 Å². The Kier molecular flexibility index (Phi) is 4.98. The Morgan fingerprint density at radius 2 is 1.83 bits per heavy atom. The van der Waals surface area contributed by atoms with Gasteiger partial charge in [-0.15, -0.1) is 0 Å². The second-order valence-electron chi connectivity index (χ2n) is 8.14. The van der Waals surface area contributed by atoms with Gasteiger partial charge in [0.05, 0.1) is 33.3 Å². The Balaban J connectivity index is 1.50. The molecule has 2 N–H and O–H groups in total. The van der Waals surface area contributed by atoms with Crippen LogP contribution in [0.1, 0.15) is 25.7 Å². The molecule has 0 saturated carbocycles. The van der Waals surface area contributed by atoms with E-state index in [9.17, 15) is 0 Å². The number of H-pyrrole nitrogens is 1. The molecule has 5 nitrogen and oxygen atoms in total. The van der Waals surface area contributed by atoms with E-state index in [2.05, 4.69) is 56.5 Å². The normalized spacial score (nSPS) is 15.3. The summed E-state index contributed by atoms with van der Waals surface area (Å²) >= 11 is 0. The molecule has 0 spiro atoms. The van der Waals surface area contributed by atoms with Crippen molar-refractivity contribution in [3.05, 3.63) is 54.7 Å². The third-order valence-electron chi connectivity index (χ3n) is 6.29. The van der Waals surface area contributed by atoms with Crippen LogP contribution >= 0.6 is 0 Å². The summed E-state index contributed by atoms with van der Waals surface area (Å²) in [6.07, 6.45) is 7.65. The Morgan fingerprint density at radius 3 is 2.62 bits per heavy atom. The zero-order chi connectivity index (χ0) is 19.6. The number of nitrogens with zero attached hydrogens (tertiary/aromatic N) is 2. The summed E-state index contributed by atoms with van der Waals surface area (Å²) in [4.78, 5) is 5.42. The van der Waals surface area contributed by atoms with Gasteiger partial charge in [0, 0.05) is 12.0 Å². The fourth-order valence-electron chi connectivity index (χ4n) is 4.73. The average molecular weight is 391 g/mol. The number of nitrogens with one attached hydrogen (secondary N) is 2. The zero-order valence-electron chi connectivity index (χ0n) is 17.2. The molecule has 1 aliphatic heterocycles. The second kappa shape index (κ2) is 7.91. The number of likely N-dealkylation sites (tertiary alicyclic amines) is 1. The number of methoxy groups -OCH3 is 1. The topological polar surface area (TPSA) is 38.5 Å². The molecule has 0 unspecified atom stereocenters. The third kappa shape index (κ3) is 3.51. The first-order valence-corrected chi connectivity index (χ1v) is 10.8. The Labute approximate surface area is 171 Å². The lowest BCUT2D eigenvalue weighted by Gasteiger charge is -2.23. The number of quaternary nitrogens is 1. The number of aryl methyl sites for hydroxylation is 1. The Bertz CT molecular complexity index is 1100. The summed E-state index contributed by atoms with van der Waals surface area (Å²) in [6, 6.07) is 16.9. The monoisotopic (exact) mass is 390 g/mol. The van der Waals surface area contributed by atoms with Gasteiger partial charge in [-0.05, 0) is 55.7 Å². The molecular formula is C24H30N4O+2. The summed E-state index contributed by atoms with van der Waals surface area (Å²) in [5.41, 5.74) is 4.87. The standard InChI is InChI=1S/C24H28N4O/c1-29-20-12-10-19(11-13-20)23-18-28-22-9-4-3-8-21(22)25-24(28)27(23)17-7-16-26-14-5-2-6-15-26/h3-4,8-13,18H,2,5-7,14-17H2,1H3/p+2. The number of aromatic amines is 1. The molecule has 29 heavy (non-hydrogen) atoms. The van der Waals surface area contributed by atoms with Gasteiger partial charge in [0.2, 0.25) is 0 Å². The van der Waals surface area contributed by atoms with Crippen molar-refractivity contribution < 1.29 is 14.0 Å². The van der Waals surface area contributed by atoms with Crippen LogP contribution in [-0.2, 0) is 6.54 Å². The number of aromatic nitrogens is 3. The van der Waals surface area contributed by atoms with E-state index < -0.39 is 0 Å². The number of para-hydroxylation sites is 2.